The quantitative estimate of drug-likeness (QED) is 0.613. The summed E-state index contributed by atoms with van der Waals surface area (Å²) in [5.41, 5.74) is 1.69. The first-order valence-electron chi connectivity index (χ1n) is 6.99. The fourth-order valence-corrected chi connectivity index (χ4v) is 2.70. The van der Waals surface area contributed by atoms with Gasteiger partial charge in [-0.1, -0.05) is 12.1 Å². The highest BCUT2D eigenvalue weighted by Crippen LogP contribution is 2.30. The highest BCUT2D eigenvalue weighted by Gasteiger charge is 2.24. The van der Waals surface area contributed by atoms with Crippen LogP contribution in [0.15, 0.2) is 18.2 Å². The first-order chi connectivity index (χ1) is 9.65. The maximum Gasteiger partial charge on any atom is 0.292 e. The van der Waals surface area contributed by atoms with Crippen LogP contribution in [0.5, 0.6) is 0 Å². The molecule has 2 rings (SSSR count). The lowest BCUT2D eigenvalue weighted by Gasteiger charge is -2.18. The van der Waals surface area contributed by atoms with E-state index in [2.05, 4.69) is 10.2 Å². The minimum atomic E-state index is -0.345. The summed E-state index contributed by atoms with van der Waals surface area (Å²) in [6.45, 7) is 5.26. The summed E-state index contributed by atoms with van der Waals surface area (Å²) in [7, 11) is 0. The number of likely N-dealkylation sites (tertiary alicyclic amines) is 1. The van der Waals surface area contributed by atoms with E-state index in [1.54, 1.807) is 6.07 Å². The largest absolute Gasteiger partial charge is 0.396 e. The lowest BCUT2D eigenvalue weighted by molar-refractivity contribution is -0.384. The first kappa shape index (κ1) is 14.7. The molecule has 2 N–H and O–H groups in total. The van der Waals surface area contributed by atoms with Crippen LogP contribution in [0.1, 0.15) is 18.9 Å². The highest BCUT2D eigenvalue weighted by atomic mass is 16.6. The molecular weight excluding hydrogens is 258 g/mol. The molecule has 1 heterocycles. The Hall–Kier alpha value is -1.66. The van der Waals surface area contributed by atoms with Gasteiger partial charge in [0.1, 0.15) is 5.69 Å². The van der Waals surface area contributed by atoms with Crippen LogP contribution in [0.4, 0.5) is 11.4 Å². The van der Waals surface area contributed by atoms with Crippen molar-refractivity contribution in [2.24, 2.45) is 5.92 Å². The van der Waals surface area contributed by atoms with E-state index in [0.29, 0.717) is 24.7 Å². The average molecular weight is 279 g/mol. The summed E-state index contributed by atoms with van der Waals surface area (Å²) in [5, 5.41) is 23.4. The van der Waals surface area contributed by atoms with Gasteiger partial charge in [0.2, 0.25) is 0 Å². The number of nitrogens with one attached hydrogen (secondary N) is 1. The number of benzene rings is 1. The Bertz CT molecular complexity index is 479. The monoisotopic (exact) mass is 279 g/mol. The maximum absolute atomic E-state index is 11.1. The molecule has 0 bridgehead atoms. The molecule has 1 aromatic carbocycles. The number of hydrogen-bond acceptors (Lipinski definition) is 5. The molecule has 1 aromatic rings. The van der Waals surface area contributed by atoms with E-state index < -0.39 is 0 Å². The summed E-state index contributed by atoms with van der Waals surface area (Å²) < 4.78 is 0. The number of para-hydroxylation sites is 1. The predicted octanol–water partition coefficient (Wildman–Crippen LogP) is 1.84. The third kappa shape index (κ3) is 3.26. The van der Waals surface area contributed by atoms with Crippen molar-refractivity contribution in [3.8, 4) is 0 Å². The van der Waals surface area contributed by atoms with Crippen LogP contribution >= 0.6 is 0 Å². The van der Waals surface area contributed by atoms with Crippen LogP contribution in [-0.4, -0.2) is 41.2 Å². The fourth-order valence-electron chi connectivity index (χ4n) is 2.70. The molecule has 0 amide bonds. The third-order valence-electron chi connectivity index (χ3n) is 3.70. The van der Waals surface area contributed by atoms with E-state index in [4.69, 9.17) is 0 Å². The number of rotatable bonds is 6. The molecule has 1 saturated heterocycles. The number of nitrogens with zero attached hydrogens (tertiary/aromatic N) is 2. The van der Waals surface area contributed by atoms with Gasteiger partial charge in [-0.2, -0.15) is 0 Å². The molecule has 6 heteroatoms. The third-order valence-corrected chi connectivity index (χ3v) is 3.70. The Kier molecular flexibility index (Phi) is 4.92. The molecule has 0 spiro atoms. The minimum Gasteiger partial charge on any atom is -0.396 e. The van der Waals surface area contributed by atoms with Crippen LogP contribution in [0.3, 0.4) is 0 Å². The van der Waals surface area contributed by atoms with Gasteiger partial charge in [0.15, 0.2) is 0 Å². The molecule has 1 aliphatic rings. The Morgan fingerprint density at radius 1 is 1.55 bits per heavy atom. The SMILES string of the molecule is CCNc1c(CN2CCC(CO)C2)cccc1[N+](=O)[O-]. The topological polar surface area (TPSA) is 78.6 Å². The van der Waals surface area contributed by atoms with Crippen molar-refractivity contribution in [2.45, 2.75) is 19.9 Å². The van der Waals surface area contributed by atoms with Gasteiger partial charge in [0.25, 0.3) is 5.69 Å². The number of nitro groups is 1. The Labute approximate surface area is 118 Å². The average Bonchev–Trinajstić information content (AvgIpc) is 2.88. The molecule has 1 aliphatic heterocycles. The molecule has 0 radical (unpaired) electrons. The summed E-state index contributed by atoms with van der Waals surface area (Å²) in [6.07, 6.45) is 0.988. The number of anilines is 1. The van der Waals surface area contributed by atoms with Crippen LogP contribution in [0.2, 0.25) is 0 Å². The molecule has 0 saturated carbocycles. The number of nitro benzene ring substituents is 1. The second-order valence-corrected chi connectivity index (χ2v) is 5.17. The van der Waals surface area contributed by atoms with Gasteiger partial charge in [-0.25, -0.2) is 0 Å². The van der Waals surface area contributed by atoms with E-state index in [0.717, 1.165) is 25.1 Å². The van der Waals surface area contributed by atoms with E-state index in [-0.39, 0.29) is 17.2 Å². The van der Waals surface area contributed by atoms with Gasteiger partial charge in [-0.15, -0.1) is 0 Å². The normalized spacial score (nSPS) is 19.2. The van der Waals surface area contributed by atoms with Crippen molar-refractivity contribution in [3.63, 3.8) is 0 Å². The highest BCUT2D eigenvalue weighted by molar-refractivity contribution is 5.66. The molecule has 110 valence electrons. The lowest BCUT2D eigenvalue weighted by atomic mass is 10.1. The van der Waals surface area contributed by atoms with E-state index in [1.807, 2.05) is 13.0 Å². The zero-order chi connectivity index (χ0) is 14.5. The summed E-state index contributed by atoms with van der Waals surface area (Å²) >= 11 is 0. The van der Waals surface area contributed by atoms with E-state index >= 15 is 0 Å². The molecule has 1 atom stereocenters. The van der Waals surface area contributed by atoms with E-state index in [9.17, 15) is 15.2 Å². The second-order valence-electron chi connectivity index (χ2n) is 5.17. The lowest BCUT2D eigenvalue weighted by Crippen LogP contribution is -2.22. The smallest absolute Gasteiger partial charge is 0.292 e. The van der Waals surface area contributed by atoms with Gasteiger partial charge in [0.05, 0.1) is 4.92 Å². The predicted molar refractivity (Wildman–Crippen MR) is 77.7 cm³/mol. The molecular formula is C14H21N3O3. The maximum atomic E-state index is 11.1. The van der Waals surface area contributed by atoms with Gasteiger partial charge in [0, 0.05) is 32.3 Å². The van der Waals surface area contributed by atoms with Crippen LogP contribution in [0.25, 0.3) is 0 Å². The van der Waals surface area contributed by atoms with Crippen molar-refractivity contribution in [3.05, 3.63) is 33.9 Å². The Morgan fingerprint density at radius 2 is 2.35 bits per heavy atom. The zero-order valence-electron chi connectivity index (χ0n) is 11.7. The summed E-state index contributed by atoms with van der Waals surface area (Å²) in [5.74, 6) is 0.330. The van der Waals surface area contributed by atoms with Crippen molar-refractivity contribution >= 4 is 11.4 Å². The summed E-state index contributed by atoms with van der Waals surface area (Å²) in [6, 6.07) is 5.19. The molecule has 1 unspecified atom stereocenters. The molecule has 6 nitrogen and oxygen atoms in total. The first-order valence-corrected chi connectivity index (χ1v) is 6.99. The molecule has 1 fully saturated rings. The number of aliphatic hydroxyl groups is 1. The van der Waals surface area contributed by atoms with Crippen molar-refractivity contribution in [1.82, 2.24) is 4.90 Å². The van der Waals surface area contributed by atoms with Crippen molar-refractivity contribution < 1.29 is 10.0 Å². The molecule has 0 aliphatic carbocycles. The number of hydrogen-bond donors (Lipinski definition) is 2. The van der Waals surface area contributed by atoms with Gasteiger partial charge >= 0.3 is 0 Å². The minimum absolute atomic E-state index is 0.127. The fraction of sp³-hybridized carbons (Fsp3) is 0.571. The Morgan fingerprint density at radius 3 is 2.95 bits per heavy atom. The molecule has 20 heavy (non-hydrogen) atoms. The van der Waals surface area contributed by atoms with E-state index in [1.165, 1.54) is 6.07 Å². The van der Waals surface area contributed by atoms with Crippen molar-refractivity contribution in [2.75, 3.05) is 31.6 Å². The van der Waals surface area contributed by atoms with Gasteiger partial charge < -0.3 is 10.4 Å². The van der Waals surface area contributed by atoms with Crippen molar-refractivity contribution in [1.29, 1.82) is 0 Å². The summed E-state index contributed by atoms with van der Waals surface area (Å²) in [4.78, 5) is 13.0. The standard InChI is InChI=1S/C14H21N3O3/c1-2-15-14-12(4-3-5-13(14)17(19)20)9-16-7-6-11(8-16)10-18/h3-5,11,15,18H,2,6-10H2,1H3. The second kappa shape index (κ2) is 6.67. The van der Waals surface area contributed by atoms with Crippen LogP contribution in [0, 0.1) is 16.0 Å². The van der Waals surface area contributed by atoms with Crippen LogP contribution < -0.4 is 5.32 Å². The Balaban J connectivity index is 2.18. The zero-order valence-corrected chi connectivity index (χ0v) is 11.7. The van der Waals surface area contributed by atoms with Gasteiger partial charge in [-0.3, -0.25) is 15.0 Å². The molecule has 0 aromatic heterocycles. The van der Waals surface area contributed by atoms with Gasteiger partial charge in [-0.05, 0) is 31.4 Å². The van der Waals surface area contributed by atoms with Crippen LogP contribution in [-0.2, 0) is 6.54 Å². The number of aliphatic hydroxyl groups excluding tert-OH is 1.